The first kappa shape index (κ1) is 15.1. The number of ether oxygens (including phenoxy) is 1. The molecule has 6 atom stereocenters. The van der Waals surface area contributed by atoms with Crippen LogP contribution in [0.15, 0.2) is 23.8 Å². The highest BCUT2D eigenvalue weighted by Crippen LogP contribution is 2.63. The molecule has 2 bridgehead atoms. The Kier molecular flexibility index (Phi) is 3.08. The normalized spacial score (nSPS) is 49.8. The second kappa shape index (κ2) is 4.91. The van der Waals surface area contributed by atoms with Gasteiger partial charge in [-0.3, -0.25) is 9.59 Å². The first-order chi connectivity index (χ1) is 11.5. The van der Waals surface area contributed by atoms with Crippen molar-refractivity contribution < 1.29 is 14.3 Å². The summed E-state index contributed by atoms with van der Waals surface area (Å²) in [6, 6.07) is 0. The lowest BCUT2D eigenvalue weighted by molar-refractivity contribution is -0.149. The van der Waals surface area contributed by atoms with Gasteiger partial charge in [0, 0.05) is 23.2 Å². The molecule has 2 saturated carbocycles. The van der Waals surface area contributed by atoms with Gasteiger partial charge >= 0.3 is 0 Å². The maximum absolute atomic E-state index is 12.7. The molecule has 0 aromatic heterocycles. The molecule has 0 aromatic rings. The fourth-order valence-electron chi connectivity index (χ4n) is 6.72. The minimum atomic E-state index is -0.124. The summed E-state index contributed by atoms with van der Waals surface area (Å²) in [6.07, 6.45) is 12.5. The van der Waals surface area contributed by atoms with Crippen molar-refractivity contribution in [1.82, 2.24) is 0 Å². The summed E-state index contributed by atoms with van der Waals surface area (Å²) < 4.78 is 5.94. The first-order valence-electron chi connectivity index (χ1n) is 9.60. The molecule has 3 nitrogen and oxygen atoms in total. The number of hydrogen-bond donors (Lipinski definition) is 0. The smallest absolute Gasteiger partial charge is 0.161 e. The zero-order valence-corrected chi connectivity index (χ0v) is 14.4. The molecule has 3 fully saturated rings. The summed E-state index contributed by atoms with van der Waals surface area (Å²) in [5.41, 5.74) is 1.11. The summed E-state index contributed by atoms with van der Waals surface area (Å²) in [4.78, 5) is 25.0. The lowest BCUT2D eigenvalue weighted by atomic mass is 9.45. The second-order valence-corrected chi connectivity index (χ2v) is 9.00. The molecular formula is C21H26O3. The van der Waals surface area contributed by atoms with Gasteiger partial charge in [-0.15, -0.1) is 0 Å². The van der Waals surface area contributed by atoms with Crippen LogP contribution in [-0.2, 0) is 14.3 Å². The Bertz CT molecular complexity index is 675. The third kappa shape index (κ3) is 1.77. The molecule has 0 radical (unpaired) electrons. The van der Waals surface area contributed by atoms with E-state index in [9.17, 15) is 9.59 Å². The van der Waals surface area contributed by atoms with E-state index in [0.29, 0.717) is 30.1 Å². The minimum Gasteiger partial charge on any atom is -0.380 e. The second-order valence-electron chi connectivity index (χ2n) is 9.00. The van der Waals surface area contributed by atoms with Crippen LogP contribution in [0.2, 0.25) is 0 Å². The average molecular weight is 326 g/mol. The Balaban J connectivity index is 1.59. The Labute approximate surface area is 143 Å². The molecule has 5 aliphatic rings. The molecule has 5 rings (SSSR count). The molecule has 6 unspecified atom stereocenters. The maximum atomic E-state index is 12.7. The molecule has 0 N–H and O–H groups in total. The van der Waals surface area contributed by atoms with E-state index >= 15 is 0 Å². The summed E-state index contributed by atoms with van der Waals surface area (Å²) in [5, 5.41) is 0. The van der Waals surface area contributed by atoms with Crippen molar-refractivity contribution in [1.29, 1.82) is 0 Å². The number of rotatable bonds is 0. The highest BCUT2D eigenvalue weighted by molar-refractivity contribution is 5.94. The number of fused-ring (bicyclic) bond motifs is 4. The molecule has 4 aliphatic carbocycles. The Morgan fingerprint density at radius 1 is 1.21 bits per heavy atom. The molecule has 0 amide bonds. The van der Waals surface area contributed by atoms with Gasteiger partial charge < -0.3 is 4.74 Å². The SMILES string of the molecule is CC12CCC3C(C=CC4=CC(=O)C5COCC43C5)C1CCCC2=O. The third-order valence-corrected chi connectivity index (χ3v) is 8.05. The topological polar surface area (TPSA) is 43.4 Å². The number of ketones is 2. The first-order valence-corrected chi connectivity index (χ1v) is 9.60. The van der Waals surface area contributed by atoms with Gasteiger partial charge in [-0.1, -0.05) is 19.1 Å². The van der Waals surface area contributed by atoms with Crippen molar-refractivity contribution >= 4 is 11.6 Å². The van der Waals surface area contributed by atoms with Gasteiger partial charge in [-0.25, -0.2) is 0 Å². The van der Waals surface area contributed by atoms with Crippen molar-refractivity contribution in [3.8, 4) is 0 Å². The van der Waals surface area contributed by atoms with Crippen molar-refractivity contribution in [2.75, 3.05) is 13.2 Å². The number of hydrogen-bond acceptors (Lipinski definition) is 3. The van der Waals surface area contributed by atoms with E-state index in [4.69, 9.17) is 4.74 Å². The summed E-state index contributed by atoms with van der Waals surface area (Å²) in [7, 11) is 0. The van der Waals surface area contributed by atoms with Gasteiger partial charge in [0.25, 0.3) is 0 Å². The van der Waals surface area contributed by atoms with Crippen LogP contribution in [0.25, 0.3) is 0 Å². The van der Waals surface area contributed by atoms with E-state index in [-0.39, 0.29) is 22.5 Å². The molecule has 1 heterocycles. The fraction of sp³-hybridized carbons (Fsp3) is 0.714. The van der Waals surface area contributed by atoms with Crippen LogP contribution in [0.4, 0.5) is 0 Å². The van der Waals surface area contributed by atoms with Gasteiger partial charge in [0.2, 0.25) is 0 Å². The van der Waals surface area contributed by atoms with Crippen molar-refractivity contribution in [2.45, 2.75) is 45.4 Å². The van der Waals surface area contributed by atoms with Gasteiger partial charge in [-0.05, 0) is 61.5 Å². The van der Waals surface area contributed by atoms with Gasteiger partial charge in [0.05, 0.1) is 13.2 Å². The highest BCUT2D eigenvalue weighted by Gasteiger charge is 2.59. The lowest BCUT2D eigenvalue weighted by Gasteiger charge is -2.59. The van der Waals surface area contributed by atoms with E-state index in [1.54, 1.807) is 0 Å². The maximum Gasteiger partial charge on any atom is 0.161 e. The molecular weight excluding hydrogens is 300 g/mol. The summed E-state index contributed by atoms with van der Waals surface area (Å²) >= 11 is 0. The summed E-state index contributed by atoms with van der Waals surface area (Å²) in [6.45, 7) is 3.56. The molecule has 1 saturated heterocycles. The Morgan fingerprint density at radius 3 is 2.96 bits per heavy atom. The Hall–Kier alpha value is -1.22. The van der Waals surface area contributed by atoms with E-state index in [0.717, 1.165) is 38.7 Å². The van der Waals surface area contributed by atoms with Crippen LogP contribution in [0.3, 0.4) is 0 Å². The van der Waals surface area contributed by atoms with E-state index in [1.807, 2.05) is 6.08 Å². The van der Waals surface area contributed by atoms with Crippen molar-refractivity contribution in [2.24, 2.45) is 34.5 Å². The average Bonchev–Trinajstić information content (AvgIpc) is 2.58. The molecule has 1 spiro atoms. The number of carbonyl (C=O) groups is 2. The molecule has 0 aromatic carbocycles. The van der Waals surface area contributed by atoms with Gasteiger partial charge in [0.15, 0.2) is 5.78 Å². The third-order valence-electron chi connectivity index (χ3n) is 8.05. The monoisotopic (exact) mass is 326 g/mol. The van der Waals surface area contributed by atoms with Crippen LogP contribution in [0.1, 0.15) is 45.4 Å². The molecule has 3 heteroatoms. The van der Waals surface area contributed by atoms with Crippen LogP contribution in [0.5, 0.6) is 0 Å². The van der Waals surface area contributed by atoms with Crippen LogP contribution in [0, 0.1) is 34.5 Å². The summed E-state index contributed by atoms with van der Waals surface area (Å²) in [5.74, 6) is 2.27. The van der Waals surface area contributed by atoms with E-state index in [1.165, 1.54) is 12.0 Å². The molecule has 24 heavy (non-hydrogen) atoms. The Morgan fingerprint density at radius 2 is 2.08 bits per heavy atom. The number of Topliss-reactive ketones (excluding diaryl/α,β-unsaturated/α-hetero) is 1. The minimum absolute atomic E-state index is 0.0259. The fourth-order valence-corrected chi connectivity index (χ4v) is 6.72. The molecule has 1 aliphatic heterocycles. The van der Waals surface area contributed by atoms with Crippen LogP contribution < -0.4 is 0 Å². The number of carbonyl (C=O) groups excluding carboxylic acids is 2. The standard InChI is InChI=1S/C21H26O3/c1-20-8-7-17-15(16(20)3-2-4-19(20)23)6-5-14-9-18(22)13-10-21(14,17)12-24-11-13/h5-6,9,13,15-17H,2-4,7-8,10-12H2,1H3. The van der Waals surface area contributed by atoms with E-state index < -0.39 is 0 Å². The van der Waals surface area contributed by atoms with Gasteiger partial charge in [0.1, 0.15) is 5.78 Å². The quantitative estimate of drug-likeness (QED) is 0.684. The van der Waals surface area contributed by atoms with Crippen LogP contribution >= 0.6 is 0 Å². The predicted octanol–water partition coefficient (Wildman–Crippen LogP) is 3.49. The van der Waals surface area contributed by atoms with Crippen molar-refractivity contribution in [3.05, 3.63) is 23.8 Å². The zero-order chi connectivity index (χ0) is 16.5. The number of allylic oxidation sites excluding steroid dienone is 3. The predicted molar refractivity (Wildman–Crippen MR) is 90.3 cm³/mol. The van der Waals surface area contributed by atoms with Crippen LogP contribution in [-0.4, -0.2) is 24.8 Å². The van der Waals surface area contributed by atoms with Crippen molar-refractivity contribution in [3.63, 3.8) is 0 Å². The largest absolute Gasteiger partial charge is 0.380 e. The van der Waals surface area contributed by atoms with E-state index in [2.05, 4.69) is 19.1 Å². The zero-order valence-electron chi connectivity index (χ0n) is 14.4. The molecule has 128 valence electrons. The highest BCUT2D eigenvalue weighted by atomic mass is 16.5. The lowest BCUT2D eigenvalue weighted by Crippen LogP contribution is -2.57. The van der Waals surface area contributed by atoms with Gasteiger partial charge in [-0.2, -0.15) is 0 Å².